The van der Waals surface area contributed by atoms with Crippen LogP contribution in [0.2, 0.25) is 0 Å². The lowest BCUT2D eigenvalue weighted by molar-refractivity contribution is -0.308. The molecule has 0 unspecified atom stereocenters. The molecule has 0 aliphatic heterocycles. The van der Waals surface area contributed by atoms with Gasteiger partial charge >= 0.3 is 5.63 Å². The van der Waals surface area contributed by atoms with Crippen LogP contribution < -0.4 is 20.8 Å². The first-order chi connectivity index (χ1) is 14.1. The van der Waals surface area contributed by atoms with Crippen LogP contribution in [0, 0.1) is 12.8 Å². The van der Waals surface area contributed by atoms with Gasteiger partial charge in [-0.25, -0.2) is 4.79 Å². The third-order valence-corrected chi connectivity index (χ3v) is 4.98. The van der Waals surface area contributed by atoms with E-state index in [4.69, 9.17) is 9.15 Å². The van der Waals surface area contributed by atoms with Crippen molar-refractivity contribution in [1.82, 2.24) is 5.32 Å². The van der Waals surface area contributed by atoms with Gasteiger partial charge in [0, 0.05) is 17.0 Å². The number of aryl methyl sites for hydroxylation is 2. The fourth-order valence-electron chi connectivity index (χ4n) is 3.33. The quantitative estimate of drug-likeness (QED) is 0.596. The first-order valence-electron chi connectivity index (χ1n) is 10.4. The van der Waals surface area contributed by atoms with Gasteiger partial charge in [-0.1, -0.05) is 27.2 Å². The monoisotopic (exact) mass is 416 g/mol. The molecule has 0 aliphatic carbocycles. The zero-order chi connectivity index (χ0) is 22.4. The Labute approximate surface area is 176 Å². The molecule has 1 aromatic heterocycles. The normalized spacial score (nSPS) is 13.3. The van der Waals surface area contributed by atoms with Crippen LogP contribution in [0.5, 0.6) is 5.75 Å². The van der Waals surface area contributed by atoms with Gasteiger partial charge in [-0.05, 0) is 56.7 Å². The van der Waals surface area contributed by atoms with Gasteiger partial charge in [0.15, 0.2) is 6.10 Å². The number of nitrogens with one attached hydrogen (secondary N) is 1. The second-order valence-electron chi connectivity index (χ2n) is 8.03. The number of carboxylic acid groups (broad SMARTS) is 1. The van der Waals surface area contributed by atoms with Crippen LogP contribution in [-0.2, 0) is 16.0 Å². The number of hydrogen-bond donors (Lipinski definition) is 1. The van der Waals surface area contributed by atoms with Crippen LogP contribution >= 0.6 is 0 Å². The molecule has 1 amide bonds. The number of unbranched alkanes of at least 4 members (excludes halogenated alkanes) is 1. The molecule has 1 aromatic carbocycles. The lowest BCUT2D eigenvalue weighted by atomic mass is 10.0. The van der Waals surface area contributed by atoms with Crippen molar-refractivity contribution in [1.29, 1.82) is 0 Å². The number of rotatable bonds is 10. The minimum atomic E-state index is -1.33. The highest BCUT2D eigenvalue weighted by Gasteiger charge is 2.22. The van der Waals surface area contributed by atoms with Gasteiger partial charge in [0.05, 0.1) is 12.0 Å². The van der Waals surface area contributed by atoms with Crippen LogP contribution in [-0.4, -0.2) is 24.0 Å². The van der Waals surface area contributed by atoms with E-state index in [0.717, 1.165) is 30.2 Å². The van der Waals surface area contributed by atoms with E-state index in [9.17, 15) is 19.5 Å². The van der Waals surface area contributed by atoms with E-state index in [2.05, 4.69) is 12.2 Å². The smallest absolute Gasteiger partial charge is 0.336 e. The van der Waals surface area contributed by atoms with Gasteiger partial charge in [-0.15, -0.1) is 0 Å². The number of fused-ring (bicyclic) bond motifs is 1. The number of carbonyl (C=O) groups is 2. The summed E-state index contributed by atoms with van der Waals surface area (Å²) < 4.78 is 11.2. The van der Waals surface area contributed by atoms with Crippen molar-refractivity contribution in [3.8, 4) is 5.75 Å². The van der Waals surface area contributed by atoms with E-state index in [-0.39, 0.29) is 12.3 Å². The molecule has 0 spiro atoms. The SMILES string of the molecule is CCCCc1cc(=O)oc2c(C)c(O[C@H](C)C(=O)N[C@@H](CC(C)C)C(=O)[O-])ccc12. The molecule has 7 nitrogen and oxygen atoms in total. The molecule has 0 aliphatic rings. The van der Waals surface area contributed by atoms with Gasteiger partial charge in [-0.2, -0.15) is 0 Å². The Morgan fingerprint density at radius 1 is 1.23 bits per heavy atom. The van der Waals surface area contributed by atoms with Crippen molar-refractivity contribution in [2.45, 2.75) is 72.4 Å². The lowest BCUT2D eigenvalue weighted by Gasteiger charge is -2.24. The van der Waals surface area contributed by atoms with Gasteiger partial charge in [0.25, 0.3) is 5.91 Å². The number of aliphatic carboxylic acids is 1. The zero-order valence-corrected chi connectivity index (χ0v) is 18.2. The molecule has 2 rings (SSSR count). The second-order valence-corrected chi connectivity index (χ2v) is 8.03. The third kappa shape index (κ3) is 5.84. The highest BCUT2D eigenvalue weighted by atomic mass is 16.5. The van der Waals surface area contributed by atoms with Gasteiger partial charge in [0.1, 0.15) is 11.3 Å². The number of hydrogen-bond acceptors (Lipinski definition) is 6. The molecule has 0 fully saturated rings. The van der Waals surface area contributed by atoms with Crippen LogP contribution in [0.25, 0.3) is 11.0 Å². The van der Waals surface area contributed by atoms with Crippen molar-refractivity contribution in [3.05, 3.63) is 39.7 Å². The number of carboxylic acids is 1. The second kappa shape index (κ2) is 10.3. The molecule has 0 saturated carbocycles. The summed E-state index contributed by atoms with van der Waals surface area (Å²) in [5.41, 5.74) is 1.55. The Kier molecular flexibility index (Phi) is 8.03. The first kappa shape index (κ1) is 23.4. The van der Waals surface area contributed by atoms with Crippen molar-refractivity contribution in [3.63, 3.8) is 0 Å². The molecule has 164 valence electrons. The molecular weight excluding hydrogens is 386 g/mol. The summed E-state index contributed by atoms with van der Waals surface area (Å²) in [5, 5.41) is 14.6. The largest absolute Gasteiger partial charge is 0.548 e. The Bertz CT molecular complexity index is 962. The average molecular weight is 416 g/mol. The third-order valence-electron chi connectivity index (χ3n) is 4.98. The van der Waals surface area contributed by atoms with Crippen molar-refractivity contribution in [2.24, 2.45) is 5.92 Å². The summed E-state index contributed by atoms with van der Waals surface area (Å²) in [6.45, 7) is 9.11. The lowest BCUT2D eigenvalue weighted by Crippen LogP contribution is -2.51. The molecule has 30 heavy (non-hydrogen) atoms. The highest BCUT2D eigenvalue weighted by Crippen LogP contribution is 2.29. The first-order valence-corrected chi connectivity index (χ1v) is 10.4. The molecule has 1 N–H and O–H groups in total. The predicted octanol–water partition coefficient (Wildman–Crippen LogP) is 2.49. The zero-order valence-electron chi connectivity index (χ0n) is 18.2. The Morgan fingerprint density at radius 3 is 2.53 bits per heavy atom. The highest BCUT2D eigenvalue weighted by molar-refractivity contribution is 5.87. The summed E-state index contributed by atoms with van der Waals surface area (Å²) in [6, 6.07) is 3.99. The standard InChI is InChI=1S/C23H31NO6/c1-6-7-8-16-12-20(25)30-21-14(4)19(10-9-17(16)21)29-15(5)22(26)24-18(23(27)28)11-13(2)3/h9-10,12-13,15,18H,6-8,11H2,1-5H3,(H,24,26)(H,27,28)/p-1/t15-,18+/m1/s1. The van der Waals surface area contributed by atoms with Crippen LogP contribution in [0.3, 0.4) is 0 Å². The fourth-order valence-corrected chi connectivity index (χ4v) is 3.33. The maximum atomic E-state index is 12.4. The van der Waals surface area contributed by atoms with E-state index in [1.165, 1.54) is 13.0 Å². The van der Waals surface area contributed by atoms with Crippen LogP contribution in [0.15, 0.2) is 27.4 Å². The predicted molar refractivity (Wildman–Crippen MR) is 112 cm³/mol. The van der Waals surface area contributed by atoms with Crippen LogP contribution in [0.1, 0.15) is 58.1 Å². The Morgan fingerprint density at radius 2 is 1.93 bits per heavy atom. The number of amides is 1. The fraction of sp³-hybridized carbons (Fsp3) is 0.522. The van der Waals surface area contributed by atoms with Gasteiger partial charge in [-0.3, -0.25) is 4.79 Å². The van der Waals surface area contributed by atoms with E-state index in [1.54, 1.807) is 13.0 Å². The topological polar surface area (TPSA) is 109 Å². The van der Waals surface area contributed by atoms with Gasteiger partial charge < -0.3 is 24.4 Å². The average Bonchev–Trinajstić information content (AvgIpc) is 2.67. The minimum absolute atomic E-state index is 0.0805. The Hall–Kier alpha value is -2.83. The van der Waals surface area contributed by atoms with Gasteiger partial charge in [0.2, 0.25) is 0 Å². The molecule has 2 atom stereocenters. The van der Waals surface area contributed by atoms with Crippen molar-refractivity contribution < 1.29 is 23.8 Å². The molecule has 0 radical (unpaired) electrons. The molecule has 2 aromatic rings. The maximum absolute atomic E-state index is 12.4. The van der Waals surface area contributed by atoms with E-state index < -0.39 is 29.6 Å². The van der Waals surface area contributed by atoms with Crippen LogP contribution in [0.4, 0.5) is 0 Å². The number of carbonyl (C=O) groups excluding carboxylic acids is 2. The van der Waals surface area contributed by atoms with E-state index >= 15 is 0 Å². The minimum Gasteiger partial charge on any atom is -0.548 e. The number of benzene rings is 1. The summed E-state index contributed by atoms with van der Waals surface area (Å²) in [4.78, 5) is 35.7. The summed E-state index contributed by atoms with van der Waals surface area (Å²) in [6.07, 6.45) is 2.07. The summed E-state index contributed by atoms with van der Waals surface area (Å²) >= 11 is 0. The Balaban J connectivity index is 2.24. The van der Waals surface area contributed by atoms with Crippen molar-refractivity contribution >= 4 is 22.8 Å². The molecular formula is C23H30NO6-. The van der Waals surface area contributed by atoms with Crippen molar-refractivity contribution in [2.75, 3.05) is 0 Å². The van der Waals surface area contributed by atoms with E-state index in [1.807, 2.05) is 19.9 Å². The molecule has 1 heterocycles. The van der Waals surface area contributed by atoms with E-state index in [0.29, 0.717) is 16.9 Å². The molecule has 0 bridgehead atoms. The number of ether oxygens (including phenoxy) is 1. The maximum Gasteiger partial charge on any atom is 0.336 e. The molecule has 7 heteroatoms. The summed E-state index contributed by atoms with van der Waals surface area (Å²) in [7, 11) is 0. The molecule has 0 saturated heterocycles. The summed E-state index contributed by atoms with van der Waals surface area (Å²) in [5.74, 6) is -1.40.